The second-order valence-corrected chi connectivity index (χ2v) is 3.62. The van der Waals surface area contributed by atoms with Crippen molar-refractivity contribution >= 4 is 0 Å². The van der Waals surface area contributed by atoms with Crippen LogP contribution in [0.1, 0.15) is 30.6 Å². The van der Waals surface area contributed by atoms with E-state index in [1.807, 2.05) is 6.07 Å². The van der Waals surface area contributed by atoms with Crippen molar-refractivity contribution in [2.24, 2.45) is 5.73 Å². The third kappa shape index (κ3) is 2.02. The molecule has 15 heavy (non-hydrogen) atoms. The molecular weight excluding hydrogens is 188 g/mol. The highest BCUT2D eigenvalue weighted by atomic mass is 16.5. The number of aryl methyl sites for hydroxylation is 1. The van der Waals surface area contributed by atoms with Gasteiger partial charge in [0.15, 0.2) is 0 Å². The van der Waals surface area contributed by atoms with Crippen molar-refractivity contribution in [3.8, 4) is 0 Å². The fourth-order valence-electron chi connectivity index (χ4n) is 1.82. The molecule has 0 amide bonds. The Balaban J connectivity index is 2.27. The molecule has 0 saturated carbocycles. The summed E-state index contributed by atoms with van der Waals surface area (Å²) >= 11 is 0. The summed E-state index contributed by atoms with van der Waals surface area (Å²) in [4.78, 5) is 4.35. The Hall–Kier alpha value is -1.35. The van der Waals surface area contributed by atoms with Crippen LogP contribution in [0.15, 0.2) is 30.2 Å². The van der Waals surface area contributed by atoms with E-state index in [-0.39, 0.29) is 6.04 Å². The molecule has 3 heteroatoms. The topological polar surface area (TPSA) is 48.1 Å². The third-order valence-corrected chi connectivity index (χ3v) is 2.64. The highest BCUT2D eigenvalue weighted by Crippen LogP contribution is 2.25. The zero-order chi connectivity index (χ0) is 10.7. The highest BCUT2D eigenvalue weighted by Gasteiger charge is 2.19. The molecule has 0 spiro atoms. The van der Waals surface area contributed by atoms with Crippen molar-refractivity contribution in [3.63, 3.8) is 0 Å². The third-order valence-electron chi connectivity index (χ3n) is 2.64. The van der Waals surface area contributed by atoms with Crippen LogP contribution in [0.5, 0.6) is 0 Å². The molecule has 0 aliphatic carbocycles. The van der Waals surface area contributed by atoms with Crippen molar-refractivity contribution in [2.75, 3.05) is 6.61 Å². The number of hydrogen-bond donors (Lipinski definition) is 1. The Morgan fingerprint density at radius 3 is 3.13 bits per heavy atom. The molecule has 2 heterocycles. The molecular formula is C12H16N2O. The predicted molar refractivity (Wildman–Crippen MR) is 59.2 cm³/mol. The summed E-state index contributed by atoms with van der Waals surface area (Å²) in [6.45, 7) is 2.86. The smallest absolute Gasteiger partial charge is 0.115 e. The fraction of sp³-hybridized carbons (Fsp3) is 0.417. The van der Waals surface area contributed by atoms with Gasteiger partial charge in [-0.2, -0.15) is 0 Å². The van der Waals surface area contributed by atoms with Crippen LogP contribution < -0.4 is 5.73 Å². The van der Waals surface area contributed by atoms with Crippen LogP contribution in [-0.2, 0) is 11.2 Å². The van der Waals surface area contributed by atoms with Gasteiger partial charge >= 0.3 is 0 Å². The van der Waals surface area contributed by atoms with Crippen LogP contribution in [-0.4, -0.2) is 11.6 Å². The first kappa shape index (κ1) is 10.2. The first-order valence-electron chi connectivity index (χ1n) is 5.35. The van der Waals surface area contributed by atoms with Crippen LogP contribution in [0.4, 0.5) is 0 Å². The lowest BCUT2D eigenvalue weighted by atomic mass is 10.0. The molecule has 1 aromatic rings. The Labute approximate surface area is 90.0 Å². The number of hydrogen-bond acceptors (Lipinski definition) is 3. The van der Waals surface area contributed by atoms with Crippen LogP contribution in [0.25, 0.3) is 0 Å². The molecule has 0 bridgehead atoms. The first-order chi connectivity index (χ1) is 7.33. The number of pyridine rings is 1. The molecule has 1 unspecified atom stereocenters. The van der Waals surface area contributed by atoms with Gasteiger partial charge in [0.05, 0.1) is 12.3 Å². The number of rotatable bonds is 3. The second-order valence-electron chi connectivity index (χ2n) is 3.62. The minimum atomic E-state index is -0.205. The zero-order valence-corrected chi connectivity index (χ0v) is 8.94. The molecule has 80 valence electrons. The highest BCUT2D eigenvalue weighted by molar-refractivity contribution is 5.28. The standard InChI is InChI=1S/C12H16N2O/c1-2-9-5-3-7-14-12(9)11(13)10-6-4-8-15-10/h3,5-7,11H,2,4,8,13H2,1H3. The second kappa shape index (κ2) is 4.45. The lowest BCUT2D eigenvalue weighted by molar-refractivity contribution is 0.224. The minimum Gasteiger partial charge on any atom is -0.496 e. The summed E-state index contributed by atoms with van der Waals surface area (Å²) in [6, 6.07) is 3.81. The molecule has 1 atom stereocenters. The van der Waals surface area contributed by atoms with Crippen molar-refractivity contribution in [3.05, 3.63) is 41.4 Å². The van der Waals surface area contributed by atoms with Crippen LogP contribution in [0.3, 0.4) is 0 Å². The lowest BCUT2D eigenvalue weighted by Crippen LogP contribution is -2.17. The van der Waals surface area contributed by atoms with Crippen LogP contribution >= 0.6 is 0 Å². The average Bonchev–Trinajstić information content (AvgIpc) is 2.81. The number of nitrogens with zero attached hydrogens (tertiary/aromatic N) is 1. The summed E-state index contributed by atoms with van der Waals surface area (Å²) in [5, 5.41) is 0. The van der Waals surface area contributed by atoms with E-state index in [2.05, 4.69) is 24.1 Å². The van der Waals surface area contributed by atoms with E-state index in [0.29, 0.717) is 0 Å². The molecule has 3 nitrogen and oxygen atoms in total. The van der Waals surface area contributed by atoms with Gasteiger partial charge in [-0.1, -0.05) is 13.0 Å². The summed E-state index contributed by atoms with van der Waals surface area (Å²) in [6.07, 6.45) is 5.74. The maximum atomic E-state index is 6.12. The number of ether oxygens (including phenoxy) is 1. The first-order valence-corrected chi connectivity index (χ1v) is 5.35. The molecule has 0 radical (unpaired) electrons. The lowest BCUT2D eigenvalue weighted by Gasteiger charge is -2.15. The summed E-state index contributed by atoms with van der Waals surface area (Å²) in [7, 11) is 0. The number of nitrogens with two attached hydrogens (primary N) is 1. The largest absolute Gasteiger partial charge is 0.496 e. The van der Waals surface area contributed by atoms with Crippen molar-refractivity contribution in [2.45, 2.75) is 25.8 Å². The molecule has 0 fully saturated rings. The van der Waals surface area contributed by atoms with Gasteiger partial charge in [-0.3, -0.25) is 4.98 Å². The van der Waals surface area contributed by atoms with E-state index in [1.165, 1.54) is 5.56 Å². The normalized spacial score (nSPS) is 17.1. The Bertz CT molecular complexity index is 374. The van der Waals surface area contributed by atoms with E-state index in [0.717, 1.165) is 30.9 Å². The van der Waals surface area contributed by atoms with Gasteiger partial charge in [-0.25, -0.2) is 0 Å². The van der Waals surface area contributed by atoms with E-state index in [4.69, 9.17) is 10.5 Å². The Morgan fingerprint density at radius 1 is 1.60 bits per heavy atom. The van der Waals surface area contributed by atoms with Crippen LogP contribution in [0.2, 0.25) is 0 Å². The predicted octanol–water partition coefficient (Wildman–Crippen LogP) is 1.95. The van der Waals surface area contributed by atoms with Gasteiger partial charge in [0, 0.05) is 12.6 Å². The number of aromatic nitrogens is 1. The van der Waals surface area contributed by atoms with Gasteiger partial charge in [0.25, 0.3) is 0 Å². The zero-order valence-electron chi connectivity index (χ0n) is 8.94. The summed E-state index contributed by atoms with van der Waals surface area (Å²) in [5.74, 6) is 0.864. The van der Waals surface area contributed by atoms with Gasteiger partial charge in [-0.15, -0.1) is 0 Å². The average molecular weight is 204 g/mol. The van der Waals surface area contributed by atoms with Crippen molar-refractivity contribution in [1.82, 2.24) is 4.98 Å². The Kier molecular flexibility index (Phi) is 3.02. The fourth-order valence-corrected chi connectivity index (χ4v) is 1.82. The van der Waals surface area contributed by atoms with E-state index in [1.54, 1.807) is 6.20 Å². The van der Waals surface area contributed by atoms with Crippen molar-refractivity contribution in [1.29, 1.82) is 0 Å². The Morgan fingerprint density at radius 2 is 2.47 bits per heavy atom. The molecule has 2 N–H and O–H groups in total. The van der Waals surface area contributed by atoms with E-state index >= 15 is 0 Å². The maximum Gasteiger partial charge on any atom is 0.115 e. The molecule has 1 aromatic heterocycles. The summed E-state index contributed by atoms with van der Waals surface area (Å²) < 4.78 is 5.46. The van der Waals surface area contributed by atoms with E-state index < -0.39 is 0 Å². The van der Waals surface area contributed by atoms with Gasteiger partial charge in [0.1, 0.15) is 11.8 Å². The maximum absolute atomic E-state index is 6.12. The quantitative estimate of drug-likeness (QED) is 0.818. The molecule has 1 aliphatic rings. The minimum absolute atomic E-state index is 0.205. The van der Waals surface area contributed by atoms with Gasteiger partial charge < -0.3 is 10.5 Å². The van der Waals surface area contributed by atoms with Gasteiger partial charge in [0.2, 0.25) is 0 Å². The summed E-state index contributed by atoms with van der Waals surface area (Å²) in [5.41, 5.74) is 8.25. The monoisotopic (exact) mass is 204 g/mol. The van der Waals surface area contributed by atoms with E-state index in [9.17, 15) is 0 Å². The van der Waals surface area contributed by atoms with Crippen LogP contribution in [0, 0.1) is 0 Å². The molecule has 0 saturated heterocycles. The molecule has 1 aliphatic heterocycles. The van der Waals surface area contributed by atoms with Gasteiger partial charge in [-0.05, 0) is 24.1 Å². The SMILES string of the molecule is CCc1cccnc1C(N)C1=CCCO1. The molecule has 0 aromatic carbocycles. The van der Waals surface area contributed by atoms with Crippen molar-refractivity contribution < 1.29 is 4.74 Å². The molecule has 2 rings (SSSR count).